The second-order valence-corrected chi connectivity index (χ2v) is 6.38. The van der Waals surface area contributed by atoms with Crippen molar-refractivity contribution in [3.8, 4) is 0 Å². The van der Waals surface area contributed by atoms with Crippen LogP contribution in [0.5, 0.6) is 0 Å². The Morgan fingerprint density at radius 2 is 1.76 bits per heavy atom. The summed E-state index contributed by atoms with van der Waals surface area (Å²) in [6.45, 7) is 0.189. The van der Waals surface area contributed by atoms with E-state index >= 15 is 0 Å². The van der Waals surface area contributed by atoms with Gasteiger partial charge in [-0.05, 0) is 42.7 Å². The van der Waals surface area contributed by atoms with Crippen LogP contribution in [0.2, 0.25) is 5.02 Å². The zero-order chi connectivity index (χ0) is 17.6. The predicted octanol–water partition coefficient (Wildman–Crippen LogP) is 3.84. The van der Waals surface area contributed by atoms with E-state index in [1.807, 2.05) is 18.2 Å². The minimum atomic E-state index is -0.266. The average molecular weight is 359 g/mol. The quantitative estimate of drug-likeness (QED) is 0.790. The number of amides is 2. The molecule has 2 amide bonds. The molecule has 2 N–H and O–H groups in total. The molecule has 3 rings (SSSR count). The van der Waals surface area contributed by atoms with Gasteiger partial charge in [0.25, 0.3) is 0 Å². The van der Waals surface area contributed by atoms with E-state index in [0.717, 1.165) is 18.4 Å². The molecule has 0 radical (unpaired) electrons. The number of halogens is 1. The molecule has 0 bridgehead atoms. The van der Waals surface area contributed by atoms with Crippen molar-refractivity contribution in [1.29, 1.82) is 0 Å². The van der Waals surface area contributed by atoms with Gasteiger partial charge in [-0.25, -0.2) is 0 Å². The first-order valence-electron chi connectivity index (χ1n) is 8.14. The summed E-state index contributed by atoms with van der Waals surface area (Å²) >= 11 is 6.04. The molecule has 1 fully saturated rings. The van der Waals surface area contributed by atoms with E-state index in [1.54, 1.807) is 30.3 Å². The van der Waals surface area contributed by atoms with E-state index in [-0.39, 0.29) is 30.9 Å². The van der Waals surface area contributed by atoms with Crippen LogP contribution < -0.4 is 10.6 Å². The van der Waals surface area contributed by atoms with Crippen LogP contribution in [0.1, 0.15) is 18.4 Å². The zero-order valence-corrected chi connectivity index (χ0v) is 14.4. The van der Waals surface area contributed by atoms with Crippen molar-refractivity contribution >= 4 is 34.8 Å². The number of ether oxygens (including phenoxy) is 1. The lowest BCUT2D eigenvalue weighted by Crippen LogP contribution is -2.18. The van der Waals surface area contributed by atoms with Gasteiger partial charge in [0.2, 0.25) is 11.8 Å². The lowest BCUT2D eigenvalue weighted by molar-refractivity contribution is -0.121. The van der Waals surface area contributed by atoms with Crippen LogP contribution in [0.25, 0.3) is 0 Å². The number of hydrogen-bond donors (Lipinski definition) is 2. The highest BCUT2D eigenvalue weighted by Gasteiger charge is 2.29. The van der Waals surface area contributed by atoms with Crippen LogP contribution in [0.15, 0.2) is 48.5 Å². The topological polar surface area (TPSA) is 67.4 Å². The van der Waals surface area contributed by atoms with Crippen molar-refractivity contribution in [2.45, 2.75) is 19.4 Å². The Bertz CT molecular complexity index is 775. The molecular weight excluding hydrogens is 340 g/mol. The highest BCUT2D eigenvalue weighted by molar-refractivity contribution is 6.31. The molecular formula is C19H19ClN2O3. The highest BCUT2D eigenvalue weighted by Crippen LogP contribution is 2.30. The smallest absolute Gasteiger partial charge is 0.250 e. The summed E-state index contributed by atoms with van der Waals surface area (Å²) in [6.07, 6.45) is 1.90. The zero-order valence-electron chi connectivity index (χ0n) is 13.6. The van der Waals surface area contributed by atoms with Crippen LogP contribution in [0.4, 0.5) is 11.4 Å². The van der Waals surface area contributed by atoms with Gasteiger partial charge in [0.05, 0.1) is 6.61 Å². The second kappa shape index (κ2) is 8.14. The summed E-state index contributed by atoms with van der Waals surface area (Å²) in [5, 5.41) is 6.22. The summed E-state index contributed by atoms with van der Waals surface area (Å²) < 4.78 is 5.40. The van der Waals surface area contributed by atoms with E-state index in [2.05, 4.69) is 10.6 Å². The standard InChI is InChI=1S/C19H19ClN2O3/c20-17-7-2-1-4-14(17)11-25-12-18(23)21-15-5-3-6-16(10-15)22-19(24)13-8-9-13/h1-7,10,13H,8-9,11-12H2,(H,21,23)(H,22,24). The van der Waals surface area contributed by atoms with E-state index in [4.69, 9.17) is 16.3 Å². The van der Waals surface area contributed by atoms with Gasteiger partial charge in [0.15, 0.2) is 0 Å². The molecule has 0 atom stereocenters. The Morgan fingerprint density at radius 3 is 2.48 bits per heavy atom. The van der Waals surface area contributed by atoms with Gasteiger partial charge in [-0.2, -0.15) is 0 Å². The largest absolute Gasteiger partial charge is 0.367 e. The third kappa shape index (κ3) is 5.31. The molecule has 0 aliphatic heterocycles. The van der Waals surface area contributed by atoms with Crippen molar-refractivity contribution in [2.24, 2.45) is 5.92 Å². The SMILES string of the molecule is O=C(COCc1ccccc1Cl)Nc1cccc(NC(=O)C2CC2)c1. The first-order valence-corrected chi connectivity index (χ1v) is 8.51. The number of nitrogens with one attached hydrogen (secondary N) is 2. The molecule has 0 spiro atoms. The molecule has 1 saturated carbocycles. The molecule has 130 valence electrons. The predicted molar refractivity (Wildman–Crippen MR) is 97.5 cm³/mol. The first-order chi connectivity index (χ1) is 12.1. The number of benzene rings is 2. The van der Waals surface area contributed by atoms with Crippen molar-refractivity contribution in [1.82, 2.24) is 0 Å². The minimum absolute atomic E-state index is 0.0338. The molecule has 2 aromatic rings. The van der Waals surface area contributed by atoms with Crippen LogP contribution in [-0.2, 0) is 20.9 Å². The number of rotatable bonds is 7. The number of anilines is 2. The van der Waals surface area contributed by atoms with Crippen molar-refractivity contribution in [3.05, 3.63) is 59.1 Å². The molecule has 0 saturated heterocycles. The second-order valence-electron chi connectivity index (χ2n) is 5.98. The number of carbonyl (C=O) groups excluding carboxylic acids is 2. The van der Waals surface area contributed by atoms with Crippen molar-refractivity contribution in [2.75, 3.05) is 17.2 Å². The van der Waals surface area contributed by atoms with Gasteiger partial charge >= 0.3 is 0 Å². The van der Waals surface area contributed by atoms with Gasteiger partial charge in [0, 0.05) is 22.3 Å². The van der Waals surface area contributed by atoms with Gasteiger partial charge < -0.3 is 15.4 Å². The molecule has 1 aliphatic carbocycles. The fourth-order valence-corrected chi connectivity index (χ4v) is 2.52. The molecule has 6 heteroatoms. The summed E-state index contributed by atoms with van der Waals surface area (Å²) in [6, 6.07) is 14.4. The Morgan fingerprint density at radius 1 is 1.04 bits per heavy atom. The molecule has 0 unspecified atom stereocenters. The summed E-state index contributed by atoms with van der Waals surface area (Å²) in [5.41, 5.74) is 2.12. The van der Waals surface area contributed by atoms with Gasteiger partial charge in [-0.3, -0.25) is 9.59 Å². The summed E-state index contributed by atoms with van der Waals surface area (Å²) in [7, 11) is 0. The normalized spacial score (nSPS) is 13.3. The molecule has 0 heterocycles. The Kier molecular flexibility index (Phi) is 5.68. The summed E-state index contributed by atoms with van der Waals surface area (Å²) in [5.74, 6) is -0.0965. The van der Waals surface area contributed by atoms with Crippen molar-refractivity contribution < 1.29 is 14.3 Å². The van der Waals surface area contributed by atoms with Crippen LogP contribution in [0.3, 0.4) is 0 Å². The van der Waals surface area contributed by atoms with Crippen molar-refractivity contribution in [3.63, 3.8) is 0 Å². The van der Waals surface area contributed by atoms with E-state index in [1.165, 1.54) is 0 Å². The molecule has 0 aromatic heterocycles. The van der Waals surface area contributed by atoms with Gasteiger partial charge in [0.1, 0.15) is 6.61 Å². The minimum Gasteiger partial charge on any atom is -0.367 e. The lowest BCUT2D eigenvalue weighted by Gasteiger charge is -2.09. The van der Waals surface area contributed by atoms with Crippen LogP contribution in [-0.4, -0.2) is 18.4 Å². The third-order valence-corrected chi connectivity index (χ3v) is 4.18. The van der Waals surface area contributed by atoms with E-state index < -0.39 is 0 Å². The average Bonchev–Trinajstić information content (AvgIpc) is 3.42. The Balaban J connectivity index is 1.47. The number of hydrogen-bond acceptors (Lipinski definition) is 3. The monoisotopic (exact) mass is 358 g/mol. The Hall–Kier alpha value is -2.37. The molecule has 2 aromatic carbocycles. The first kappa shape index (κ1) is 17.5. The Labute approximate surface area is 151 Å². The fourth-order valence-electron chi connectivity index (χ4n) is 2.33. The van der Waals surface area contributed by atoms with Crippen LogP contribution >= 0.6 is 11.6 Å². The third-order valence-electron chi connectivity index (χ3n) is 3.81. The number of carbonyl (C=O) groups is 2. The lowest BCUT2D eigenvalue weighted by atomic mass is 10.2. The molecule has 1 aliphatic rings. The highest BCUT2D eigenvalue weighted by atomic mass is 35.5. The maximum absolute atomic E-state index is 12.0. The van der Waals surface area contributed by atoms with E-state index in [0.29, 0.717) is 16.4 Å². The maximum Gasteiger partial charge on any atom is 0.250 e. The van der Waals surface area contributed by atoms with E-state index in [9.17, 15) is 9.59 Å². The fraction of sp³-hybridized carbons (Fsp3) is 0.263. The maximum atomic E-state index is 12.0. The summed E-state index contributed by atoms with van der Waals surface area (Å²) in [4.78, 5) is 23.8. The van der Waals surface area contributed by atoms with Crippen LogP contribution in [0, 0.1) is 5.92 Å². The van der Waals surface area contributed by atoms with Gasteiger partial charge in [-0.1, -0.05) is 35.9 Å². The van der Waals surface area contributed by atoms with Gasteiger partial charge in [-0.15, -0.1) is 0 Å². The molecule has 25 heavy (non-hydrogen) atoms. The molecule has 5 nitrogen and oxygen atoms in total.